The topological polar surface area (TPSA) is 73.9 Å². The van der Waals surface area contributed by atoms with Gasteiger partial charge >= 0.3 is 5.97 Å². The standard InChI is InChI=1S/C9H10F2N2O2/c1-8(7(14)15-3,9(2,10)11)6(4-12)5-13/h6H,1-3H3. The minimum Gasteiger partial charge on any atom is -0.468 e. The smallest absolute Gasteiger partial charge is 0.320 e. The Hall–Kier alpha value is -1.69. The second-order valence-corrected chi connectivity index (χ2v) is 3.27. The molecule has 1 atom stereocenters. The van der Waals surface area contributed by atoms with Gasteiger partial charge in [-0.3, -0.25) is 4.79 Å². The molecule has 0 heterocycles. The monoisotopic (exact) mass is 216 g/mol. The molecule has 0 spiro atoms. The summed E-state index contributed by atoms with van der Waals surface area (Å²) in [5, 5.41) is 17.1. The number of nitriles is 2. The van der Waals surface area contributed by atoms with Gasteiger partial charge in [0.05, 0.1) is 19.2 Å². The van der Waals surface area contributed by atoms with Crippen LogP contribution in [0.3, 0.4) is 0 Å². The highest BCUT2D eigenvalue weighted by Crippen LogP contribution is 2.43. The van der Waals surface area contributed by atoms with Gasteiger partial charge in [0.25, 0.3) is 5.92 Å². The number of hydrogen-bond acceptors (Lipinski definition) is 4. The van der Waals surface area contributed by atoms with Gasteiger partial charge in [-0.25, -0.2) is 8.78 Å². The van der Waals surface area contributed by atoms with Crippen LogP contribution in [0.5, 0.6) is 0 Å². The molecule has 4 nitrogen and oxygen atoms in total. The summed E-state index contributed by atoms with van der Waals surface area (Å²) in [5.74, 6) is -6.55. The SMILES string of the molecule is COC(=O)C(C)(C(C#N)C#N)C(C)(F)F. The number of nitrogens with zero attached hydrogens (tertiary/aromatic N) is 2. The van der Waals surface area contributed by atoms with Gasteiger partial charge in [-0.15, -0.1) is 0 Å². The number of carbonyl (C=O) groups excluding carboxylic acids is 1. The van der Waals surface area contributed by atoms with Crippen LogP contribution in [0.2, 0.25) is 0 Å². The molecule has 0 aromatic rings. The number of hydrogen-bond donors (Lipinski definition) is 0. The highest BCUT2D eigenvalue weighted by Gasteiger charge is 2.59. The first-order valence-electron chi connectivity index (χ1n) is 4.01. The molecule has 0 aliphatic heterocycles. The van der Waals surface area contributed by atoms with E-state index in [1.807, 2.05) is 0 Å². The average Bonchev–Trinajstić information content (AvgIpc) is 2.16. The molecule has 0 saturated heterocycles. The van der Waals surface area contributed by atoms with Crippen molar-refractivity contribution in [2.45, 2.75) is 19.8 Å². The van der Waals surface area contributed by atoms with E-state index in [4.69, 9.17) is 10.5 Å². The number of halogens is 2. The third kappa shape index (κ3) is 2.04. The van der Waals surface area contributed by atoms with Gasteiger partial charge < -0.3 is 4.74 Å². The number of ether oxygens (including phenoxy) is 1. The molecular formula is C9H10F2N2O2. The summed E-state index contributed by atoms with van der Waals surface area (Å²) in [7, 11) is 0.929. The van der Waals surface area contributed by atoms with E-state index in [0.717, 1.165) is 14.0 Å². The summed E-state index contributed by atoms with van der Waals surface area (Å²) >= 11 is 0. The van der Waals surface area contributed by atoms with Crippen molar-refractivity contribution in [2.24, 2.45) is 11.3 Å². The zero-order valence-electron chi connectivity index (χ0n) is 8.54. The van der Waals surface area contributed by atoms with Crippen LogP contribution in [0.4, 0.5) is 8.78 Å². The fraction of sp³-hybridized carbons (Fsp3) is 0.667. The van der Waals surface area contributed by atoms with Crippen LogP contribution in [0.1, 0.15) is 13.8 Å². The van der Waals surface area contributed by atoms with Crippen LogP contribution in [0, 0.1) is 34.0 Å². The van der Waals surface area contributed by atoms with Crippen LogP contribution in [0.15, 0.2) is 0 Å². The second-order valence-electron chi connectivity index (χ2n) is 3.27. The summed E-state index contributed by atoms with van der Waals surface area (Å²) in [6.07, 6.45) is 0. The normalized spacial score (nSPS) is 14.9. The lowest BCUT2D eigenvalue weighted by molar-refractivity contribution is -0.179. The molecule has 0 aromatic heterocycles. The first kappa shape index (κ1) is 13.3. The van der Waals surface area contributed by atoms with Gasteiger partial charge in [0, 0.05) is 6.92 Å². The van der Waals surface area contributed by atoms with Crippen LogP contribution >= 0.6 is 0 Å². The van der Waals surface area contributed by atoms with Gasteiger partial charge in [0.1, 0.15) is 0 Å². The molecule has 6 heteroatoms. The molecule has 15 heavy (non-hydrogen) atoms. The van der Waals surface area contributed by atoms with Crippen molar-refractivity contribution in [3.05, 3.63) is 0 Å². The van der Waals surface area contributed by atoms with Crippen molar-refractivity contribution in [1.82, 2.24) is 0 Å². The maximum absolute atomic E-state index is 13.2. The Morgan fingerprint density at radius 3 is 1.93 bits per heavy atom. The number of rotatable bonds is 3. The van der Waals surface area contributed by atoms with Crippen molar-refractivity contribution in [1.29, 1.82) is 10.5 Å². The van der Waals surface area contributed by atoms with E-state index in [0.29, 0.717) is 6.92 Å². The van der Waals surface area contributed by atoms with E-state index >= 15 is 0 Å². The molecule has 0 rings (SSSR count). The Bertz CT molecular complexity index is 323. The van der Waals surface area contributed by atoms with Crippen LogP contribution in [-0.4, -0.2) is 19.0 Å². The lowest BCUT2D eigenvalue weighted by Gasteiger charge is -2.32. The summed E-state index contributed by atoms with van der Waals surface area (Å²) in [6, 6.07) is 2.74. The molecule has 82 valence electrons. The molecule has 0 radical (unpaired) electrons. The van der Waals surface area contributed by atoms with Crippen LogP contribution in [-0.2, 0) is 9.53 Å². The summed E-state index contributed by atoms with van der Waals surface area (Å²) in [6.45, 7) is 1.32. The fourth-order valence-corrected chi connectivity index (χ4v) is 1.05. The Morgan fingerprint density at radius 1 is 1.33 bits per heavy atom. The van der Waals surface area contributed by atoms with Gasteiger partial charge in [-0.2, -0.15) is 10.5 Å². The molecule has 1 unspecified atom stereocenters. The van der Waals surface area contributed by atoms with Crippen molar-refractivity contribution in [2.75, 3.05) is 7.11 Å². The Labute approximate surface area is 86.1 Å². The Balaban J connectivity index is 5.54. The zero-order valence-corrected chi connectivity index (χ0v) is 8.54. The quantitative estimate of drug-likeness (QED) is 0.670. The van der Waals surface area contributed by atoms with Gasteiger partial charge in [-0.1, -0.05) is 0 Å². The first-order chi connectivity index (χ1) is 6.75. The fourth-order valence-electron chi connectivity index (χ4n) is 1.05. The highest BCUT2D eigenvalue weighted by molar-refractivity contribution is 5.79. The number of esters is 1. The van der Waals surface area contributed by atoms with Crippen LogP contribution < -0.4 is 0 Å². The summed E-state index contributed by atoms with van der Waals surface area (Å²) in [4.78, 5) is 11.2. The summed E-state index contributed by atoms with van der Waals surface area (Å²) in [5.41, 5.74) is -2.45. The lowest BCUT2D eigenvalue weighted by Crippen LogP contribution is -2.49. The van der Waals surface area contributed by atoms with Crippen molar-refractivity contribution in [3.63, 3.8) is 0 Å². The first-order valence-corrected chi connectivity index (χ1v) is 4.01. The van der Waals surface area contributed by atoms with Crippen molar-refractivity contribution >= 4 is 5.97 Å². The largest absolute Gasteiger partial charge is 0.468 e. The third-order valence-corrected chi connectivity index (χ3v) is 2.36. The molecule has 0 aliphatic rings. The molecule has 0 aliphatic carbocycles. The average molecular weight is 216 g/mol. The summed E-state index contributed by atoms with van der Waals surface area (Å²) < 4.78 is 30.7. The Morgan fingerprint density at radius 2 is 1.73 bits per heavy atom. The molecule has 0 fully saturated rings. The van der Waals surface area contributed by atoms with Gasteiger partial charge in [0.15, 0.2) is 11.3 Å². The Kier molecular flexibility index (Phi) is 3.75. The molecule has 0 N–H and O–H groups in total. The number of methoxy groups -OCH3 is 1. The minimum atomic E-state index is -3.52. The van der Waals surface area contributed by atoms with Gasteiger partial charge in [-0.05, 0) is 6.92 Å². The van der Waals surface area contributed by atoms with E-state index in [1.54, 1.807) is 0 Å². The van der Waals surface area contributed by atoms with E-state index in [-0.39, 0.29) is 0 Å². The zero-order chi connectivity index (χ0) is 12.3. The van der Waals surface area contributed by atoms with E-state index < -0.39 is 23.2 Å². The van der Waals surface area contributed by atoms with Gasteiger partial charge in [0.2, 0.25) is 0 Å². The molecule has 0 bridgehead atoms. The lowest BCUT2D eigenvalue weighted by atomic mass is 9.73. The second kappa shape index (κ2) is 4.22. The van der Waals surface area contributed by atoms with E-state index in [9.17, 15) is 13.6 Å². The van der Waals surface area contributed by atoms with E-state index in [1.165, 1.54) is 12.1 Å². The minimum absolute atomic E-state index is 0.478. The van der Waals surface area contributed by atoms with Crippen molar-refractivity contribution < 1.29 is 18.3 Å². The van der Waals surface area contributed by atoms with E-state index in [2.05, 4.69) is 4.74 Å². The number of alkyl halides is 2. The highest BCUT2D eigenvalue weighted by atomic mass is 19.3. The van der Waals surface area contributed by atoms with Crippen molar-refractivity contribution in [3.8, 4) is 12.1 Å². The molecule has 0 aromatic carbocycles. The molecule has 0 saturated carbocycles. The maximum Gasteiger partial charge on any atom is 0.320 e. The third-order valence-electron chi connectivity index (χ3n) is 2.36. The van der Waals surface area contributed by atoms with Crippen LogP contribution in [0.25, 0.3) is 0 Å². The predicted octanol–water partition coefficient (Wildman–Crippen LogP) is 1.48. The maximum atomic E-state index is 13.2. The molecular weight excluding hydrogens is 206 g/mol. The number of carbonyl (C=O) groups is 1. The predicted molar refractivity (Wildman–Crippen MR) is 45.5 cm³/mol. The molecule has 0 amide bonds.